The third-order valence-corrected chi connectivity index (χ3v) is 3.91. The minimum atomic E-state index is -1.48. The Kier molecular flexibility index (Phi) is 6.16. The molecule has 0 aliphatic heterocycles. The number of nitrogens with zero attached hydrogens (tertiary/aromatic N) is 2. The fraction of sp³-hybridized carbons (Fsp3) is 0.385. The lowest BCUT2D eigenvalue weighted by atomic mass is 10.2. The van der Waals surface area contributed by atoms with Crippen LogP contribution in [0.25, 0.3) is 0 Å². The summed E-state index contributed by atoms with van der Waals surface area (Å²) in [6.07, 6.45) is 0. The normalized spacial score (nSPS) is 10.2. The van der Waals surface area contributed by atoms with Crippen LogP contribution in [0.15, 0.2) is 23.1 Å². The summed E-state index contributed by atoms with van der Waals surface area (Å²) in [7, 11) is 0. The van der Waals surface area contributed by atoms with Gasteiger partial charge in [-0.1, -0.05) is 6.07 Å². The molecule has 0 aliphatic rings. The van der Waals surface area contributed by atoms with Crippen LogP contribution in [-0.2, 0) is 4.79 Å². The minimum Gasteiger partial charge on any atom is -0.545 e. The summed E-state index contributed by atoms with van der Waals surface area (Å²) in [5.74, 6) is -1.54. The first-order valence-corrected chi connectivity index (χ1v) is 7.29. The van der Waals surface area contributed by atoms with Gasteiger partial charge in [-0.2, -0.15) is 0 Å². The first-order chi connectivity index (χ1) is 9.90. The van der Waals surface area contributed by atoms with E-state index in [4.69, 9.17) is 0 Å². The molecule has 7 nitrogen and oxygen atoms in total. The van der Waals surface area contributed by atoms with Gasteiger partial charge in [0.2, 0.25) is 5.91 Å². The Balaban J connectivity index is 2.91. The number of carboxylic acid groups (broad SMARTS) is 1. The van der Waals surface area contributed by atoms with Crippen LogP contribution in [0.2, 0.25) is 0 Å². The second-order valence-corrected chi connectivity index (χ2v) is 5.10. The molecule has 1 aromatic carbocycles. The molecule has 1 amide bonds. The number of amides is 1. The van der Waals surface area contributed by atoms with Crippen LogP contribution in [0.3, 0.4) is 0 Å². The quantitative estimate of drug-likeness (QED) is 0.421. The standard InChI is InChI=1S/C13H16N2O5S/c1-3-14(4-2)12(16)8-21-11-6-5-9(13(17)18)7-10(11)15(19)20/h5-7H,3-4,8H2,1-2H3,(H,17,18)/p-1. The fourth-order valence-corrected chi connectivity index (χ4v) is 2.62. The number of hydrogen-bond acceptors (Lipinski definition) is 6. The van der Waals surface area contributed by atoms with Gasteiger partial charge >= 0.3 is 0 Å². The number of hydrogen-bond donors (Lipinski definition) is 0. The van der Waals surface area contributed by atoms with E-state index in [1.165, 1.54) is 12.1 Å². The Hall–Kier alpha value is -2.09. The zero-order valence-corrected chi connectivity index (χ0v) is 12.5. The monoisotopic (exact) mass is 311 g/mol. The van der Waals surface area contributed by atoms with Crippen molar-refractivity contribution in [2.75, 3.05) is 18.8 Å². The molecule has 0 unspecified atom stereocenters. The number of carbonyl (C=O) groups is 2. The maximum atomic E-state index is 11.9. The molecular formula is C13H15N2O5S-. The third-order valence-electron chi connectivity index (χ3n) is 2.86. The summed E-state index contributed by atoms with van der Waals surface area (Å²) in [5, 5.41) is 21.7. The van der Waals surface area contributed by atoms with Gasteiger partial charge in [-0.3, -0.25) is 14.9 Å². The smallest absolute Gasteiger partial charge is 0.283 e. The minimum absolute atomic E-state index is 0.0627. The first kappa shape index (κ1) is 17.0. The number of carbonyl (C=O) groups excluding carboxylic acids is 2. The predicted octanol–water partition coefficient (Wildman–Crippen LogP) is 0.919. The third kappa shape index (κ3) is 4.45. The van der Waals surface area contributed by atoms with Crippen molar-refractivity contribution < 1.29 is 19.6 Å². The van der Waals surface area contributed by atoms with E-state index in [9.17, 15) is 24.8 Å². The molecule has 1 rings (SSSR count). The molecule has 21 heavy (non-hydrogen) atoms. The molecule has 0 aromatic heterocycles. The molecule has 0 spiro atoms. The van der Waals surface area contributed by atoms with Crippen LogP contribution in [0.1, 0.15) is 24.2 Å². The Morgan fingerprint density at radius 3 is 2.38 bits per heavy atom. The molecular weight excluding hydrogens is 296 g/mol. The first-order valence-electron chi connectivity index (χ1n) is 6.31. The van der Waals surface area contributed by atoms with E-state index in [1.807, 2.05) is 13.8 Å². The van der Waals surface area contributed by atoms with E-state index in [0.29, 0.717) is 13.1 Å². The lowest BCUT2D eigenvalue weighted by Gasteiger charge is -2.18. The maximum absolute atomic E-state index is 11.9. The van der Waals surface area contributed by atoms with E-state index in [2.05, 4.69) is 0 Å². The molecule has 0 aliphatic carbocycles. The Labute approximate surface area is 126 Å². The molecule has 0 fully saturated rings. The van der Waals surface area contributed by atoms with Crippen molar-refractivity contribution in [3.8, 4) is 0 Å². The number of nitro benzene ring substituents is 1. The van der Waals surface area contributed by atoms with Crippen LogP contribution < -0.4 is 5.11 Å². The van der Waals surface area contributed by atoms with Crippen molar-refractivity contribution in [3.05, 3.63) is 33.9 Å². The molecule has 1 aromatic rings. The van der Waals surface area contributed by atoms with Crippen molar-refractivity contribution in [2.24, 2.45) is 0 Å². The van der Waals surface area contributed by atoms with E-state index in [-0.39, 0.29) is 27.8 Å². The molecule has 0 N–H and O–H groups in total. The van der Waals surface area contributed by atoms with Crippen LogP contribution in [0.5, 0.6) is 0 Å². The molecule has 8 heteroatoms. The molecule has 0 saturated carbocycles. The Morgan fingerprint density at radius 2 is 1.90 bits per heavy atom. The number of carboxylic acids is 1. The lowest BCUT2D eigenvalue weighted by molar-refractivity contribution is -0.387. The van der Waals surface area contributed by atoms with Crippen molar-refractivity contribution >= 4 is 29.3 Å². The summed E-state index contributed by atoms with van der Waals surface area (Å²) >= 11 is 1.02. The van der Waals surface area contributed by atoms with Gasteiger partial charge in [-0.15, -0.1) is 11.8 Å². The van der Waals surface area contributed by atoms with E-state index in [1.54, 1.807) is 4.90 Å². The van der Waals surface area contributed by atoms with Gasteiger partial charge in [0.25, 0.3) is 5.69 Å². The number of aromatic carboxylic acids is 1. The molecule has 0 atom stereocenters. The van der Waals surface area contributed by atoms with Gasteiger partial charge in [0.05, 0.1) is 21.5 Å². The Morgan fingerprint density at radius 1 is 1.29 bits per heavy atom. The highest BCUT2D eigenvalue weighted by molar-refractivity contribution is 8.00. The average Bonchev–Trinajstić information content (AvgIpc) is 2.45. The molecule has 0 bridgehead atoms. The predicted molar refractivity (Wildman–Crippen MR) is 76.1 cm³/mol. The zero-order valence-electron chi connectivity index (χ0n) is 11.7. The number of nitro groups is 1. The van der Waals surface area contributed by atoms with Gasteiger partial charge in [0, 0.05) is 24.7 Å². The van der Waals surface area contributed by atoms with Crippen molar-refractivity contribution in [3.63, 3.8) is 0 Å². The zero-order chi connectivity index (χ0) is 16.0. The molecule has 114 valence electrons. The highest BCUT2D eigenvalue weighted by atomic mass is 32.2. The molecule has 0 saturated heterocycles. The van der Waals surface area contributed by atoms with E-state index >= 15 is 0 Å². The van der Waals surface area contributed by atoms with Crippen LogP contribution in [-0.4, -0.2) is 40.5 Å². The van der Waals surface area contributed by atoms with Crippen LogP contribution in [0.4, 0.5) is 5.69 Å². The van der Waals surface area contributed by atoms with E-state index < -0.39 is 10.9 Å². The van der Waals surface area contributed by atoms with Crippen molar-refractivity contribution in [1.29, 1.82) is 0 Å². The second-order valence-electron chi connectivity index (χ2n) is 4.08. The average molecular weight is 311 g/mol. The van der Waals surface area contributed by atoms with Crippen molar-refractivity contribution in [1.82, 2.24) is 4.90 Å². The summed E-state index contributed by atoms with van der Waals surface area (Å²) < 4.78 is 0. The van der Waals surface area contributed by atoms with E-state index in [0.717, 1.165) is 17.8 Å². The molecule has 0 heterocycles. The number of benzene rings is 1. The summed E-state index contributed by atoms with van der Waals surface area (Å²) in [5.41, 5.74) is -0.602. The lowest BCUT2D eigenvalue weighted by Crippen LogP contribution is -2.31. The summed E-state index contributed by atoms with van der Waals surface area (Å²) in [6, 6.07) is 3.50. The number of thioether (sulfide) groups is 1. The Bertz CT molecular complexity index is 557. The van der Waals surface area contributed by atoms with Gasteiger partial charge in [-0.25, -0.2) is 0 Å². The van der Waals surface area contributed by atoms with Crippen LogP contribution in [0, 0.1) is 10.1 Å². The summed E-state index contributed by atoms with van der Waals surface area (Å²) in [6.45, 7) is 4.84. The highest BCUT2D eigenvalue weighted by Gasteiger charge is 2.18. The topological polar surface area (TPSA) is 104 Å². The maximum Gasteiger partial charge on any atom is 0.283 e. The van der Waals surface area contributed by atoms with Crippen molar-refractivity contribution in [2.45, 2.75) is 18.7 Å². The fourth-order valence-electron chi connectivity index (χ4n) is 1.72. The van der Waals surface area contributed by atoms with Gasteiger partial charge in [0.15, 0.2) is 0 Å². The summed E-state index contributed by atoms with van der Waals surface area (Å²) in [4.78, 5) is 34.8. The number of rotatable bonds is 7. The largest absolute Gasteiger partial charge is 0.545 e. The van der Waals surface area contributed by atoms with Crippen LogP contribution >= 0.6 is 11.8 Å². The van der Waals surface area contributed by atoms with Gasteiger partial charge in [-0.05, 0) is 19.9 Å². The second kappa shape index (κ2) is 7.63. The SMILES string of the molecule is CCN(CC)C(=O)CSc1ccc(C(=O)[O-])cc1[N+](=O)[O-]. The van der Waals surface area contributed by atoms with Gasteiger partial charge in [0.1, 0.15) is 0 Å². The molecule has 0 radical (unpaired) electrons. The highest BCUT2D eigenvalue weighted by Crippen LogP contribution is 2.30. The van der Waals surface area contributed by atoms with Gasteiger partial charge < -0.3 is 14.8 Å².